The molecule has 0 spiro atoms. The average molecular weight is 463 g/mol. The molecule has 7 nitrogen and oxygen atoms in total. The van der Waals surface area contributed by atoms with Crippen molar-refractivity contribution in [2.24, 2.45) is 11.5 Å². The number of rotatable bonds is 4. The average Bonchev–Trinajstić information content (AvgIpc) is 3.38. The summed E-state index contributed by atoms with van der Waals surface area (Å²) in [7, 11) is 0. The summed E-state index contributed by atoms with van der Waals surface area (Å²) in [5, 5.41) is 0. The third-order valence-electron chi connectivity index (χ3n) is 6.31. The summed E-state index contributed by atoms with van der Waals surface area (Å²) in [5.41, 5.74) is 15.7. The lowest BCUT2D eigenvalue weighted by Crippen LogP contribution is -2.39. The van der Waals surface area contributed by atoms with E-state index in [1.165, 1.54) is 6.07 Å². The summed E-state index contributed by atoms with van der Waals surface area (Å²) in [6.45, 7) is 5.15. The molecule has 2 aromatic heterocycles. The summed E-state index contributed by atoms with van der Waals surface area (Å²) >= 11 is 0. The number of aryl methyl sites for hydroxylation is 1. The number of nitrogens with zero attached hydrogens (tertiary/aromatic N) is 3. The maximum atomic E-state index is 14.5. The normalized spacial score (nSPS) is 18.1. The van der Waals surface area contributed by atoms with Gasteiger partial charge >= 0.3 is 0 Å². The number of imidazole rings is 1. The predicted molar refractivity (Wildman–Crippen MR) is 127 cm³/mol. The summed E-state index contributed by atoms with van der Waals surface area (Å²) in [6, 6.07) is 8.17. The van der Waals surface area contributed by atoms with Crippen molar-refractivity contribution in [1.82, 2.24) is 15.0 Å². The molecule has 0 saturated carbocycles. The number of benzene rings is 2. The zero-order chi connectivity index (χ0) is 24.2. The van der Waals surface area contributed by atoms with Gasteiger partial charge in [0, 0.05) is 36.6 Å². The largest absolute Gasteiger partial charge is 0.368 e. The van der Waals surface area contributed by atoms with E-state index in [1.807, 2.05) is 32.0 Å². The van der Waals surface area contributed by atoms with Crippen LogP contribution in [0.5, 0.6) is 0 Å². The van der Waals surface area contributed by atoms with Crippen LogP contribution in [0.25, 0.3) is 33.5 Å². The first-order valence-corrected chi connectivity index (χ1v) is 10.9. The Morgan fingerprint density at radius 3 is 2.65 bits per heavy atom. The number of fused-ring (bicyclic) bond motifs is 1. The zero-order valence-corrected chi connectivity index (χ0v) is 18.8. The fourth-order valence-electron chi connectivity index (χ4n) is 4.58. The molecule has 3 heterocycles. The third kappa shape index (κ3) is 3.67. The summed E-state index contributed by atoms with van der Waals surface area (Å²) < 4.78 is 28.7. The second-order valence-corrected chi connectivity index (χ2v) is 9.15. The number of amides is 1. The van der Waals surface area contributed by atoms with Crippen molar-refractivity contribution in [3.05, 3.63) is 65.5 Å². The van der Waals surface area contributed by atoms with Crippen molar-refractivity contribution in [3.63, 3.8) is 0 Å². The van der Waals surface area contributed by atoms with Crippen molar-refractivity contribution in [3.8, 4) is 22.5 Å². The number of aromatic amines is 1. The minimum atomic E-state index is -1.27. The van der Waals surface area contributed by atoms with Crippen LogP contribution in [0.2, 0.25) is 0 Å². The molecular weight excluding hydrogens is 438 g/mol. The van der Waals surface area contributed by atoms with Gasteiger partial charge in [-0.05, 0) is 49.6 Å². The second kappa shape index (κ2) is 7.88. The van der Waals surface area contributed by atoms with Crippen LogP contribution in [0.1, 0.15) is 29.3 Å². The summed E-state index contributed by atoms with van der Waals surface area (Å²) in [4.78, 5) is 26.4. The van der Waals surface area contributed by atoms with Gasteiger partial charge < -0.3 is 21.4 Å². The Morgan fingerprint density at radius 1 is 1.21 bits per heavy atom. The number of hydrogen-bond donors (Lipinski definition) is 3. The molecule has 5 N–H and O–H groups in total. The van der Waals surface area contributed by atoms with E-state index in [4.69, 9.17) is 16.5 Å². The van der Waals surface area contributed by atoms with Crippen molar-refractivity contribution in [1.29, 1.82) is 0 Å². The topological polar surface area (TPSA) is 114 Å². The van der Waals surface area contributed by atoms with Gasteiger partial charge in [0.25, 0.3) is 5.91 Å². The smallest absolute Gasteiger partial charge is 0.251 e. The monoisotopic (exact) mass is 462 g/mol. The summed E-state index contributed by atoms with van der Waals surface area (Å²) in [5.74, 6) is -2.89. The van der Waals surface area contributed by atoms with Gasteiger partial charge in [-0.25, -0.2) is 13.8 Å². The zero-order valence-electron chi connectivity index (χ0n) is 18.8. The Bertz CT molecular complexity index is 1450. The molecule has 1 atom stereocenters. The molecule has 0 radical (unpaired) electrons. The quantitative estimate of drug-likeness (QED) is 0.426. The highest BCUT2D eigenvalue weighted by molar-refractivity contribution is 5.97. The van der Waals surface area contributed by atoms with Crippen LogP contribution in [-0.2, 0) is 0 Å². The number of para-hydroxylation sites is 1. The van der Waals surface area contributed by atoms with Crippen LogP contribution in [0, 0.1) is 18.6 Å². The molecule has 1 fully saturated rings. The Labute approximate surface area is 194 Å². The highest BCUT2D eigenvalue weighted by Gasteiger charge is 2.33. The minimum absolute atomic E-state index is 0.287. The van der Waals surface area contributed by atoms with E-state index in [-0.39, 0.29) is 5.56 Å². The SMILES string of the molecule is Cc1cccc2[nH]c(-c3cncc(-c4cc(F)c(F)c(C(N)=O)c4)c3N3CCC(C)(N)C3)nc12. The van der Waals surface area contributed by atoms with E-state index in [2.05, 4.69) is 14.9 Å². The fraction of sp³-hybridized carbons (Fsp3) is 0.240. The van der Waals surface area contributed by atoms with Crippen LogP contribution in [-0.4, -0.2) is 39.5 Å². The van der Waals surface area contributed by atoms with E-state index in [9.17, 15) is 13.6 Å². The van der Waals surface area contributed by atoms with E-state index < -0.39 is 28.6 Å². The number of carbonyl (C=O) groups excluding carboxylic acids is 1. The number of hydrogen-bond acceptors (Lipinski definition) is 5. The maximum absolute atomic E-state index is 14.5. The molecule has 9 heteroatoms. The first-order chi connectivity index (χ1) is 16.1. The van der Waals surface area contributed by atoms with Gasteiger partial charge in [0.1, 0.15) is 5.82 Å². The van der Waals surface area contributed by atoms with E-state index >= 15 is 0 Å². The standard InChI is InChI=1S/C25H24F2N6O/c1-13-4-3-5-19-21(13)32-24(31-19)17-11-30-10-16(22(17)33-7-6-25(2,29)12-33)14-8-15(23(28)34)20(27)18(26)9-14/h3-5,8-11H,6-7,12,29H2,1-2H3,(H2,28,34)(H,31,32). The molecule has 5 rings (SSSR count). The first kappa shape index (κ1) is 22.0. The van der Waals surface area contributed by atoms with Crippen LogP contribution in [0.3, 0.4) is 0 Å². The fourth-order valence-corrected chi connectivity index (χ4v) is 4.58. The van der Waals surface area contributed by atoms with Crippen LogP contribution < -0.4 is 16.4 Å². The number of nitrogens with two attached hydrogens (primary N) is 2. The van der Waals surface area contributed by atoms with Gasteiger partial charge in [-0.15, -0.1) is 0 Å². The number of pyridine rings is 1. The van der Waals surface area contributed by atoms with Gasteiger partial charge in [-0.2, -0.15) is 0 Å². The number of aromatic nitrogens is 3. The number of anilines is 1. The molecule has 1 unspecified atom stereocenters. The Hall–Kier alpha value is -3.85. The van der Waals surface area contributed by atoms with Gasteiger partial charge in [0.05, 0.1) is 27.8 Å². The predicted octanol–water partition coefficient (Wildman–Crippen LogP) is 3.90. The molecular formula is C25H24F2N6O. The van der Waals surface area contributed by atoms with Crippen molar-refractivity contribution in [2.45, 2.75) is 25.8 Å². The van der Waals surface area contributed by atoms with E-state index in [0.717, 1.165) is 34.8 Å². The molecule has 1 aliphatic heterocycles. The van der Waals surface area contributed by atoms with E-state index in [1.54, 1.807) is 12.4 Å². The molecule has 0 bridgehead atoms. The lowest BCUT2D eigenvalue weighted by Gasteiger charge is -2.26. The molecule has 1 aliphatic rings. The molecule has 1 saturated heterocycles. The number of carbonyl (C=O) groups is 1. The molecule has 4 aromatic rings. The van der Waals surface area contributed by atoms with Crippen molar-refractivity contribution < 1.29 is 13.6 Å². The van der Waals surface area contributed by atoms with Crippen LogP contribution in [0.4, 0.5) is 14.5 Å². The first-order valence-electron chi connectivity index (χ1n) is 10.9. The Morgan fingerprint density at radius 2 is 1.97 bits per heavy atom. The van der Waals surface area contributed by atoms with E-state index in [0.29, 0.717) is 30.0 Å². The molecule has 2 aromatic carbocycles. The van der Waals surface area contributed by atoms with Crippen molar-refractivity contribution >= 4 is 22.6 Å². The molecule has 174 valence electrons. The van der Waals surface area contributed by atoms with Crippen molar-refractivity contribution in [2.75, 3.05) is 18.0 Å². The minimum Gasteiger partial charge on any atom is -0.368 e. The van der Waals surface area contributed by atoms with Gasteiger partial charge in [0.2, 0.25) is 0 Å². The molecule has 34 heavy (non-hydrogen) atoms. The Balaban J connectivity index is 1.77. The van der Waals surface area contributed by atoms with Crippen LogP contribution in [0.15, 0.2) is 42.7 Å². The Kier molecular flexibility index (Phi) is 5.09. The lowest BCUT2D eigenvalue weighted by molar-refractivity contribution is 0.0995. The number of nitrogens with one attached hydrogen (secondary N) is 1. The van der Waals surface area contributed by atoms with Gasteiger partial charge in [-0.1, -0.05) is 12.1 Å². The lowest BCUT2D eigenvalue weighted by atomic mass is 9.98. The summed E-state index contributed by atoms with van der Waals surface area (Å²) in [6.07, 6.45) is 4.00. The second-order valence-electron chi connectivity index (χ2n) is 9.15. The number of H-pyrrole nitrogens is 1. The molecule has 1 amide bonds. The maximum Gasteiger partial charge on any atom is 0.251 e. The van der Waals surface area contributed by atoms with Gasteiger partial charge in [0.15, 0.2) is 11.6 Å². The van der Waals surface area contributed by atoms with Crippen LogP contribution >= 0.6 is 0 Å². The highest BCUT2D eigenvalue weighted by atomic mass is 19.2. The molecule has 0 aliphatic carbocycles. The number of primary amides is 1. The van der Waals surface area contributed by atoms with Gasteiger partial charge in [-0.3, -0.25) is 9.78 Å². The highest BCUT2D eigenvalue weighted by Crippen LogP contribution is 2.41. The third-order valence-corrected chi connectivity index (χ3v) is 6.31. The number of halogens is 2.